The molecule has 9 nitrogen and oxygen atoms in total. The topological polar surface area (TPSA) is 115 Å². The minimum atomic E-state index is -0.829. The van der Waals surface area contributed by atoms with Gasteiger partial charge in [0.25, 0.3) is 5.88 Å². The first-order chi connectivity index (χ1) is 15.8. The quantitative estimate of drug-likeness (QED) is 0.500. The number of ether oxygens (including phenoxy) is 2. The van der Waals surface area contributed by atoms with Crippen molar-refractivity contribution in [3.8, 4) is 17.1 Å². The van der Waals surface area contributed by atoms with Crippen LogP contribution >= 0.6 is 0 Å². The summed E-state index contributed by atoms with van der Waals surface area (Å²) < 4.78 is 12.8. The molecule has 0 aliphatic heterocycles. The Labute approximate surface area is 193 Å². The molecule has 0 amide bonds. The Hall–Kier alpha value is -3.20. The number of benzene rings is 1. The van der Waals surface area contributed by atoms with E-state index < -0.39 is 11.6 Å². The van der Waals surface area contributed by atoms with Crippen molar-refractivity contribution in [3.63, 3.8) is 0 Å². The highest BCUT2D eigenvalue weighted by atomic mass is 16.5. The molecule has 33 heavy (non-hydrogen) atoms. The second kappa shape index (κ2) is 9.74. The molecule has 2 heterocycles. The third kappa shape index (κ3) is 5.60. The van der Waals surface area contributed by atoms with Crippen molar-refractivity contribution in [2.24, 2.45) is 0 Å². The molecule has 2 N–H and O–H groups in total. The van der Waals surface area contributed by atoms with Gasteiger partial charge in [-0.25, -0.2) is 9.89 Å². The Morgan fingerprint density at radius 2 is 1.91 bits per heavy atom. The molecule has 1 fully saturated rings. The highest BCUT2D eigenvalue weighted by molar-refractivity contribution is 5.89. The second-order valence-electron chi connectivity index (χ2n) is 9.11. The zero-order valence-electron chi connectivity index (χ0n) is 19.3. The largest absolute Gasteiger partial charge is 0.472 e. The van der Waals surface area contributed by atoms with Gasteiger partial charge in [0.05, 0.1) is 24.4 Å². The van der Waals surface area contributed by atoms with Gasteiger partial charge in [-0.2, -0.15) is 5.10 Å². The normalized spacial score (nSPS) is 18.8. The van der Waals surface area contributed by atoms with Crippen LogP contribution in [0.1, 0.15) is 68.4 Å². The number of rotatable bonds is 8. The lowest BCUT2D eigenvalue weighted by Gasteiger charge is -2.28. The van der Waals surface area contributed by atoms with E-state index in [0.717, 1.165) is 36.9 Å². The maximum Gasteiger partial charge on any atom is 0.362 e. The third-order valence-electron chi connectivity index (χ3n) is 5.88. The molecule has 1 saturated carbocycles. The zero-order valence-corrected chi connectivity index (χ0v) is 19.3. The number of esters is 1. The van der Waals surface area contributed by atoms with Crippen LogP contribution in [0.2, 0.25) is 0 Å². The number of H-pyrrole nitrogens is 1. The molecule has 3 aromatic rings. The number of carbonyl (C=O) groups is 1. The maximum absolute atomic E-state index is 12.0. The molecule has 0 radical (unpaired) electrons. The summed E-state index contributed by atoms with van der Waals surface area (Å²) in [5, 5.41) is 24.7. The van der Waals surface area contributed by atoms with Gasteiger partial charge in [0.15, 0.2) is 0 Å². The summed E-state index contributed by atoms with van der Waals surface area (Å²) in [6.45, 7) is 6.03. The number of aromatic amines is 1. The fraction of sp³-hybridized carbons (Fsp3) is 0.500. The van der Waals surface area contributed by atoms with Crippen LogP contribution in [0.25, 0.3) is 11.3 Å². The van der Waals surface area contributed by atoms with E-state index in [0.29, 0.717) is 12.5 Å². The summed E-state index contributed by atoms with van der Waals surface area (Å²) in [4.78, 5) is 12.0. The molecule has 176 valence electrons. The van der Waals surface area contributed by atoms with Gasteiger partial charge < -0.3 is 14.6 Å². The predicted octanol–water partition coefficient (Wildman–Crippen LogP) is 3.72. The molecule has 1 aliphatic carbocycles. The first kappa shape index (κ1) is 23.0. The molecular formula is C24H31N5O4. The molecule has 0 unspecified atom stereocenters. The average Bonchev–Trinajstić information content (AvgIpc) is 3.43. The summed E-state index contributed by atoms with van der Waals surface area (Å²) in [7, 11) is 0. The van der Waals surface area contributed by atoms with Gasteiger partial charge in [0.1, 0.15) is 6.10 Å². The monoisotopic (exact) mass is 453 g/mol. The van der Waals surface area contributed by atoms with Crippen LogP contribution in [-0.4, -0.2) is 54.6 Å². The molecule has 0 atom stereocenters. The maximum atomic E-state index is 12.0. The summed E-state index contributed by atoms with van der Waals surface area (Å²) >= 11 is 0. The molecule has 0 bridgehead atoms. The number of nitrogens with one attached hydrogen (secondary N) is 1. The fourth-order valence-corrected chi connectivity index (χ4v) is 4.31. The lowest BCUT2D eigenvalue weighted by molar-refractivity contribution is 0.0507. The van der Waals surface area contributed by atoms with Crippen molar-refractivity contribution >= 4 is 5.97 Å². The summed E-state index contributed by atoms with van der Waals surface area (Å²) in [6.07, 6.45) is 5.49. The van der Waals surface area contributed by atoms with Crippen molar-refractivity contribution in [1.29, 1.82) is 0 Å². The van der Waals surface area contributed by atoms with Crippen LogP contribution in [0, 0.1) is 0 Å². The van der Waals surface area contributed by atoms with Gasteiger partial charge >= 0.3 is 5.97 Å². The van der Waals surface area contributed by atoms with Gasteiger partial charge in [-0.15, -0.1) is 0 Å². The summed E-state index contributed by atoms with van der Waals surface area (Å²) in [6, 6.07) is 10.6. The van der Waals surface area contributed by atoms with Crippen LogP contribution < -0.4 is 4.74 Å². The van der Waals surface area contributed by atoms with Crippen molar-refractivity contribution in [1.82, 2.24) is 25.2 Å². The van der Waals surface area contributed by atoms with Crippen molar-refractivity contribution in [3.05, 3.63) is 47.8 Å². The van der Waals surface area contributed by atoms with Crippen molar-refractivity contribution in [2.75, 3.05) is 6.61 Å². The Morgan fingerprint density at radius 1 is 1.18 bits per heavy atom. The molecule has 0 spiro atoms. The van der Waals surface area contributed by atoms with E-state index in [-0.39, 0.29) is 24.3 Å². The number of hydrogen-bond donors (Lipinski definition) is 2. The molecule has 2 aromatic heterocycles. The smallest absolute Gasteiger partial charge is 0.362 e. The van der Waals surface area contributed by atoms with E-state index in [4.69, 9.17) is 9.47 Å². The van der Waals surface area contributed by atoms with Crippen LogP contribution in [0.4, 0.5) is 0 Å². The van der Waals surface area contributed by atoms with Crippen LogP contribution in [0.15, 0.2) is 36.5 Å². The highest BCUT2D eigenvalue weighted by Crippen LogP contribution is 2.35. The highest BCUT2D eigenvalue weighted by Gasteiger charge is 2.27. The van der Waals surface area contributed by atoms with Gasteiger partial charge in [0, 0.05) is 6.20 Å². The third-order valence-corrected chi connectivity index (χ3v) is 5.88. The van der Waals surface area contributed by atoms with E-state index in [1.54, 1.807) is 27.0 Å². The van der Waals surface area contributed by atoms with Crippen LogP contribution in [0.5, 0.6) is 5.88 Å². The number of aromatic nitrogens is 5. The lowest BCUT2D eigenvalue weighted by atomic mass is 9.82. The fourth-order valence-electron chi connectivity index (χ4n) is 4.31. The second-order valence-corrected chi connectivity index (χ2v) is 9.11. The molecule has 0 saturated heterocycles. The van der Waals surface area contributed by atoms with E-state index in [1.165, 1.54) is 5.56 Å². The Bertz CT molecular complexity index is 1060. The first-order valence-electron chi connectivity index (χ1n) is 11.4. The van der Waals surface area contributed by atoms with Gasteiger partial charge in [0.2, 0.25) is 5.69 Å². The van der Waals surface area contributed by atoms with Crippen LogP contribution in [-0.2, 0) is 11.3 Å². The molecule has 4 rings (SSSR count). The minimum absolute atomic E-state index is 0.00464. The average molecular weight is 454 g/mol. The molecule has 1 aliphatic rings. The van der Waals surface area contributed by atoms with Crippen molar-refractivity contribution < 1.29 is 19.4 Å². The van der Waals surface area contributed by atoms with E-state index in [2.05, 4.69) is 44.8 Å². The van der Waals surface area contributed by atoms with E-state index in [9.17, 15) is 9.90 Å². The van der Waals surface area contributed by atoms with Crippen molar-refractivity contribution in [2.45, 2.75) is 70.6 Å². The molecular weight excluding hydrogens is 422 g/mol. The summed E-state index contributed by atoms with van der Waals surface area (Å²) in [5.74, 6) is 0.168. The number of nitrogens with zero attached hydrogens (tertiary/aromatic N) is 4. The predicted molar refractivity (Wildman–Crippen MR) is 122 cm³/mol. The number of aliphatic hydroxyl groups is 1. The van der Waals surface area contributed by atoms with E-state index in [1.807, 2.05) is 10.7 Å². The van der Waals surface area contributed by atoms with Crippen LogP contribution in [0.3, 0.4) is 0 Å². The SMILES string of the molecule is CCOC(=O)c1[nH]nnc1O[C@H]1CC[C@H](c2ccc(-c3ccnn3CC(C)(C)O)cc2)CC1. The standard InChI is InChI=1S/C24H31N5O4/c1-4-32-23(30)21-22(27-28-26-21)33-19-11-9-17(10-12-19)16-5-7-18(8-6-16)20-13-14-25-29(20)15-24(2,3)31/h5-8,13-14,17,19,31H,4,9-12,15H2,1-3H3,(H,26,27,28)/t17-,19-. The number of carbonyl (C=O) groups excluding carboxylic acids is 1. The Balaban J connectivity index is 1.35. The lowest BCUT2D eigenvalue weighted by Crippen LogP contribution is -2.27. The Kier molecular flexibility index (Phi) is 6.78. The number of hydrogen-bond acceptors (Lipinski definition) is 7. The van der Waals surface area contributed by atoms with Gasteiger partial charge in [-0.05, 0) is 69.6 Å². The molecule has 1 aromatic carbocycles. The van der Waals surface area contributed by atoms with Gasteiger partial charge in [-0.1, -0.05) is 34.6 Å². The Morgan fingerprint density at radius 3 is 2.58 bits per heavy atom. The van der Waals surface area contributed by atoms with E-state index >= 15 is 0 Å². The zero-order chi connectivity index (χ0) is 23.4. The summed E-state index contributed by atoms with van der Waals surface area (Å²) in [5.41, 5.74) is 2.71. The minimum Gasteiger partial charge on any atom is -0.472 e. The van der Waals surface area contributed by atoms with Gasteiger partial charge in [-0.3, -0.25) is 4.68 Å². The molecule has 9 heteroatoms. The first-order valence-corrected chi connectivity index (χ1v) is 11.4.